The minimum atomic E-state index is -1.06. The van der Waals surface area contributed by atoms with Gasteiger partial charge >= 0.3 is 5.97 Å². The van der Waals surface area contributed by atoms with Crippen molar-refractivity contribution < 1.29 is 18.7 Å². The van der Waals surface area contributed by atoms with E-state index < -0.39 is 23.8 Å². The lowest BCUT2D eigenvalue weighted by Crippen LogP contribution is -2.30. The normalized spacial score (nSPS) is 11.6. The molecule has 0 saturated heterocycles. The summed E-state index contributed by atoms with van der Waals surface area (Å²) in [5.74, 6) is -1.03. The molecule has 1 heterocycles. The number of nitrogens with one attached hydrogen (secondary N) is 1. The Bertz CT molecular complexity index is 946. The van der Waals surface area contributed by atoms with Crippen LogP contribution in [0.3, 0.4) is 0 Å². The summed E-state index contributed by atoms with van der Waals surface area (Å²) >= 11 is 3.16. The molecule has 28 heavy (non-hydrogen) atoms. The number of nitrogens with zero attached hydrogens (tertiary/aromatic N) is 1. The zero-order valence-corrected chi connectivity index (χ0v) is 16.6. The molecular weight excluding hydrogens is 399 g/mol. The molecule has 1 N–H and O–H groups in total. The summed E-state index contributed by atoms with van der Waals surface area (Å²) in [6.07, 6.45) is -1.06. The zero-order valence-electron chi connectivity index (χ0n) is 14.9. The number of hydrogen-bond donors (Lipinski definition) is 1. The van der Waals surface area contributed by atoms with Gasteiger partial charge in [-0.3, -0.25) is 4.79 Å². The zero-order chi connectivity index (χ0) is 19.9. The number of carbonyl (C=O) groups is 2. The Hall–Kier alpha value is -2.71. The Morgan fingerprint density at radius 3 is 2.64 bits per heavy atom. The number of aromatic nitrogens is 1. The Morgan fingerprint density at radius 2 is 1.96 bits per heavy atom. The van der Waals surface area contributed by atoms with Crippen molar-refractivity contribution in [2.45, 2.75) is 23.7 Å². The summed E-state index contributed by atoms with van der Waals surface area (Å²) in [6.45, 7) is 1.44. The third kappa shape index (κ3) is 5.40. The number of anilines is 1. The van der Waals surface area contributed by atoms with E-state index >= 15 is 0 Å². The van der Waals surface area contributed by atoms with Crippen molar-refractivity contribution in [1.82, 2.24) is 4.98 Å². The Labute approximate surface area is 170 Å². The first-order valence-corrected chi connectivity index (χ1v) is 10.3. The van der Waals surface area contributed by atoms with Crippen LogP contribution < -0.4 is 5.32 Å². The highest BCUT2D eigenvalue weighted by atomic mass is 32.2. The Balaban J connectivity index is 1.53. The summed E-state index contributed by atoms with van der Waals surface area (Å²) in [6, 6.07) is 12.7. The SMILES string of the molecule is C[C@@H](OC(=O)c1ccc(SCc2cscn2)cc1)C(=O)Nc1ccccc1F. The van der Waals surface area contributed by atoms with Gasteiger partial charge < -0.3 is 10.1 Å². The van der Waals surface area contributed by atoms with Crippen molar-refractivity contribution in [2.24, 2.45) is 0 Å². The number of thiazole rings is 1. The second-order valence-corrected chi connectivity index (χ2v) is 7.58. The molecular formula is C20H17FN2O3S2. The van der Waals surface area contributed by atoms with Gasteiger partial charge in [-0.2, -0.15) is 0 Å². The smallest absolute Gasteiger partial charge is 0.338 e. The molecule has 0 bridgehead atoms. The number of carbonyl (C=O) groups excluding carboxylic acids is 2. The maximum atomic E-state index is 13.6. The van der Waals surface area contributed by atoms with Gasteiger partial charge in [-0.1, -0.05) is 12.1 Å². The first kappa shape index (κ1) is 20.0. The molecule has 5 nitrogen and oxygen atoms in total. The molecule has 1 atom stereocenters. The van der Waals surface area contributed by atoms with E-state index in [4.69, 9.17) is 4.74 Å². The monoisotopic (exact) mass is 416 g/mol. The number of para-hydroxylation sites is 1. The van der Waals surface area contributed by atoms with E-state index in [1.165, 1.54) is 25.1 Å². The standard InChI is InChI=1S/C20H17FN2O3S2/c1-13(19(24)23-18-5-3-2-4-17(18)21)26-20(25)14-6-8-16(9-7-14)28-11-15-10-27-12-22-15/h2-10,12-13H,11H2,1H3,(H,23,24)/t13-/m1/s1. The average molecular weight is 416 g/mol. The van der Waals surface area contributed by atoms with Crippen molar-refractivity contribution in [3.63, 3.8) is 0 Å². The first-order chi connectivity index (χ1) is 13.5. The number of halogens is 1. The van der Waals surface area contributed by atoms with Crippen LogP contribution in [0.2, 0.25) is 0 Å². The maximum absolute atomic E-state index is 13.6. The first-order valence-electron chi connectivity index (χ1n) is 8.39. The second kappa shape index (κ2) is 9.48. The van der Waals surface area contributed by atoms with Crippen molar-refractivity contribution in [3.8, 4) is 0 Å². The van der Waals surface area contributed by atoms with E-state index in [0.29, 0.717) is 5.56 Å². The number of hydrogen-bond acceptors (Lipinski definition) is 6. The van der Waals surface area contributed by atoms with E-state index in [9.17, 15) is 14.0 Å². The number of esters is 1. The van der Waals surface area contributed by atoms with Gasteiger partial charge in [0.25, 0.3) is 5.91 Å². The molecule has 0 spiro atoms. The second-order valence-electron chi connectivity index (χ2n) is 5.81. The molecule has 0 aliphatic heterocycles. The minimum Gasteiger partial charge on any atom is -0.449 e. The molecule has 3 aromatic rings. The summed E-state index contributed by atoms with van der Waals surface area (Å²) in [7, 11) is 0. The summed E-state index contributed by atoms with van der Waals surface area (Å²) in [5.41, 5.74) is 3.17. The van der Waals surface area contributed by atoms with E-state index in [2.05, 4.69) is 10.3 Å². The molecule has 3 rings (SSSR count). The fourth-order valence-corrected chi connectivity index (χ4v) is 3.70. The van der Waals surface area contributed by atoms with Crippen molar-refractivity contribution in [1.29, 1.82) is 0 Å². The molecule has 0 aliphatic carbocycles. The quantitative estimate of drug-likeness (QED) is 0.444. The lowest BCUT2D eigenvalue weighted by molar-refractivity contribution is -0.123. The molecule has 0 aliphatic rings. The lowest BCUT2D eigenvalue weighted by atomic mass is 10.2. The van der Waals surface area contributed by atoms with Crippen LogP contribution in [0, 0.1) is 5.82 Å². The summed E-state index contributed by atoms with van der Waals surface area (Å²) in [4.78, 5) is 29.6. The number of ether oxygens (including phenoxy) is 1. The lowest BCUT2D eigenvalue weighted by Gasteiger charge is -2.14. The average Bonchev–Trinajstić information content (AvgIpc) is 3.22. The maximum Gasteiger partial charge on any atom is 0.338 e. The Kier molecular flexibility index (Phi) is 6.78. The molecule has 2 aromatic carbocycles. The van der Waals surface area contributed by atoms with E-state index in [1.54, 1.807) is 46.8 Å². The third-order valence-electron chi connectivity index (χ3n) is 3.74. The highest BCUT2D eigenvalue weighted by Crippen LogP contribution is 2.23. The van der Waals surface area contributed by atoms with Gasteiger partial charge in [-0.25, -0.2) is 14.2 Å². The van der Waals surface area contributed by atoms with E-state index in [1.807, 2.05) is 17.5 Å². The van der Waals surface area contributed by atoms with Gasteiger partial charge in [0.05, 0.1) is 22.5 Å². The Morgan fingerprint density at radius 1 is 1.21 bits per heavy atom. The van der Waals surface area contributed by atoms with Gasteiger partial charge in [-0.15, -0.1) is 23.1 Å². The van der Waals surface area contributed by atoms with Crippen LogP contribution in [0.5, 0.6) is 0 Å². The van der Waals surface area contributed by atoms with Gasteiger partial charge in [0, 0.05) is 16.0 Å². The molecule has 0 unspecified atom stereocenters. The third-order valence-corrected chi connectivity index (χ3v) is 5.43. The van der Waals surface area contributed by atoms with Crippen molar-refractivity contribution >= 4 is 40.7 Å². The van der Waals surface area contributed by atoms with E-state index in [-0.39, 0.29) is 5.69 Å². The van der Waals surface area contributed by atoms with Crippen molar-refractivity contribution in [2.75, 3.05) is 5.32 Å². The molecule has 1 amide bonds. The molecule has 1 aromatic heterocycles. The number of rotatable bonds is 7. The molecule has 8 heteroatoms. The van der Waals surface area contributed by atoms with Crippen LogP contribution in [0.15, 0.2) is 64.3 Å². The molecule has 0 saturated carbocycles. The highest BCUT2D eigenvalue weighted by Gasteiger charge is 2.20. The van der Waals surface area contributed by atoms with Crippen LogP contribution >= 0.6 is 23.1 Å². The topological polar surface area (TPSA) is 68.3 Å². The predicted octanol–water partition coefficient (Wildman–Crippen LogP) is 4.76. The number of benzene rings is 2. The van der Waals surface area contributed by atoms with Crippen LogP contribution in [0.4, 0.5) is 10.1 Å². The molecule has 0 fully saturated rings. The molecule has 144 valence electrons. The predicted molar refractivity (Wildman–Crippen MR) is 108 cm³/mol. The van der Waals surface area contributed by atoms with E-state index in [0.717, 1.165) is 16.3 Å². The summed E-state index contributed by atoms with van der Waals surface area (Å²) in [5, 5.41) is 4.40. The minimum absolute atomic E-state index is 0.0388. The largest absolute Gasteiger partial charge is 0.449 e. The fraction of sp³-hybridized carbons (Fsp3) is 0.150. The van der Waals surface area contributed by atoms with Crippen molar-refractivity contribution in [3.05, 3.63) is 76.5 Å². The van der Waals surface area contributed by atoms with Crippen LogP contribution in [-0.4, -0.2) is 23.0 Å². The number of thioether (sulfide) groups is 1. The van der Waals surface area contributed by atoms with Crippen LogP contribution in [0.25, 0.3) is 0 Å². The van der Waals surface area contributed by atoms with Crippen LogP contribution in [-0.2, 0) is 15.3 Å². The van der Waals surface area contributed by atoms with Crippen LogP contribution in [0.1, 0.15) is 23.0 Å². The fourth-order valence-electron chi connectivity index (χ4n) is 2.23. The van der Waals surface area contributed by atoms with Gasteiger partial charge in [0.2, 0.25) is 0 Å². The molecule has 0 radical (unpaired) electrons. The highest BCUT2D eigenvalue weighted by molar-refractivity contribution is 7.98. The van der Waals surface area contributed by atoms with Gasteiger partial charge in [-0.05, 0) is 43.3 Å². The summed E-state index contributed by atoms with van der Waals surface area (Å²) < 4.78 is 18.8. The van der Waals surface area contributed by atoms with Gasteiger partial charge in [0.15, 0.2) is 6.10 Å². The number of amides is 1. The van der Waals surface area contributed by atoms with Gasteiger partial charge in [0.1, 0.15) is 5.82 Å².